The van der Waals surface area contributed by atoms with Crippen LogP contribution in [0.25, 0.3) is 0 Å². The van der Waals surface area contributed by atoms with E-state index in [2.05, 4.69) is 75.9 Å². The van der Waals surface area contributed by atoms with Crippen LogP contribution in [0, 0.1) is 0 Å². The van der Waals surface area contributed by atoms with Gasteiger partial charge in [-0.05, 0) is 38.0 Å². The van der Waals surface area contributed by atoms with Crippen LogP contribution in [0.2, 0.25) is 0 Å². The summed E-state index contributed by atoms with van der Waals surface area (Å²) in [7, 11) is 0. The van der Waals surface area contributed by atoms with Crippen molar-refractivity contribution < 1.29 is 0 Å². The minimum Gasteiger partial charge on any atom is -0.344 e. The van der Waals surface area contributed by atoms with Crippen LogP contribution in [0.1, 0.15) is 46.6 Å². The molecule has 0 saturated heterocycles. The molecule has 0 saturated carbocycles. The summed E-state index contributed by atoms with van der Waals surface area (Å²) in [4.78, 5) is 2.48. The van der Waals surface area contributed by atoms with E-state index in [9.17, 15) is 0 Å². The molecule has 19 heavy (non-hydrogen) atoms. The van der Waals surface area contributed by atoms with Crippen LogP contribution in [-0.2, 0) is 5.41 Å². The molecule has 102 valence electrons. The molecular weight excluding hydrogens is 230 g/mol. The maximum Gasteiger partial charge on any atom is 0.0450 e. The van der Waals surface area contributed by atoms with Gasteiger partial charge in [0.25, 0.3) is 0 Å². The molecule has 0 unspecified atom stereocenters. The Morgan fingerprint density at radius 3 is 2.53 bits per heavy atom. The molecule has 1 aromatic carbocycles. The van der Waals surface area contributed by atoms with Crippen molar-refractivity contribution in [3.05, 3.63) is 53.3 Å². The van der Waals surface area contributed by atoms with Gasteiger partial charge in [-0.1, -0.05) is 50.6 Å². The molecule has 0 bridgehead atoms. The van der Waals surface area contributed by atoms with Crippen molar-refractivity contribution in [1.29, 1.82) is 0 Å². The molecular formula is C18H25N. The lowest BCUT2D eigenvalue weighted by Gasteiger charge is -2.26. The SMILES string of the molecule is CCCN1C(=CC=C(C)C)C(C)(C)c2ccccc21. The Kier molecular flexibility index (Phi) is 3.84. The van der Waals surface area contributed by atoms with Crippen molar-refractivity contribution in [2.45, 2.75) is 46.5 Å². The summed E-state index contributed by atoms with van der Waals surface area (Å²) in [5, 5.41) is 0. The van der Waals surface area contributed by atoms with Gasteiger partial charge in [-0.25, -0.2) is 0 Å². The topological polar surface area (TPSA) is 3.24 Å². The van der Waals surface area contributed by atoms with E-state index in [1.807, 2.05) is 0 Å². The van der Waals surface area contributed by atoms with Gasteiger partial charge in [-0.3, -0.25) is 0 Å². The second-order valence-electron chi connectivity index (χ2n) is 6.09. The molecule has 1 aliphatic heterocycles. The fourth-order valence-electron chi connectivity index (χ4n) is 2.85. The van der Waals surface area contributed by atoms with Crippen LogP contribution in [0.4, 0.5) is 5.69 Å². The number of hydrogen-bond donors (Lipinski definition) is 0. The number of hydrogen-bond acceptors (Lipinski definition) is 1. The van der Waals surface area contributed by atoms with Crippen molar-refractivity contribution in [3.8, 4) is 0 Å². The molecule has 1 aliphatic rings. The summed E-state index contributed by atoms with van der Waals surface area (Å²) in [6.45, 7) is 12.3. The molecule has 1 nitrogen and oxygen atoms in total. The highest BCUT2D eigenvalue weighted by Gasteiger charge is 2.38. The van der Waals surface area contributed by atoms with Crippen molar-refractivity contribution in [1.82, 2.24) is 0 Å². The van der Waals surface area contributed by atoms with E-state index in [4.69, 9.17) is 0 Å². The van der Waals surface area contributed by atoms with Crippen LogP contribution < -0.4 is 4.90 Å². The summed E-state index contributed by atoms with van der Waals surface area (Å²) in [5.41, 5.74) is 5.67. The minimum atomic E-state index is 0.0950. The Hall–Kier alpha value is -1.50. The Morgan fingerprint density at radius 1 is 1.21 bits per heavy atom. The highest BCUT2D eigenvalue weighted by molar-refractivity contribution is 5.70. The number of rotatable bonds is 3. The molecule has 0 atom stereocenters. The molecule has 0 aliphatic carbocycles. The van der Waals surface area contributed by atoms with Crippen LogP contribution in [0.15, 0.2) is 47.7 Å². The van der Waals surface area contributed by atoms with E-state index in [-0.39, 0.29) is 5.41 Å². The predicted octanol–water partition coefficient (Wildman–Crippen LogP) is 5.04. The number of benzene rings is 1. The third-order valence-corrected chi connectivity index (χ3v) is 3.82. The molecule has 0 amide bonds. The second-order valence-corrected chi connectivity index (χ2v) is 6.09. The van der Waals surface area contributed by atoms with E-state index >= 15 is 0 Å². The average molecular weight is 255 g/mol. The van der Waals surface area contributed by atoms with Gasteiger partial charge in [0.2, 0.25) is 0 Å². The minimum absolute atomic E-state index is 0.0950. The standard InChI is InChI=1S/C18H25N/c1-6-13-19-16-10-8-7-9-15(16)18(4,5)17(19)12-11-14(2)3/h7-12H,6,13H2,1-5H3. The zero-order valence-corrected chi connectivity index (χ0v) is 12.8. The lowest BCUT2D eigenvalue weighted by Crippen LogP contribution is -2.26. The Bertz CT molecular complexity index is 516. The lowest BCUT2D eigenvalue weighted by atomic mass is 9.83. The van der Waals surface area contributed by atoms with Gasteiger partial charge in [-0.2, -0.15) is 0 Å². The highest BCUT2D eigenvalue weighted by atomic mass is 15.2. The number of nitrogens with zero attached hydrogens (tertiary/aromatic N) is 1. The molecule has 0 spiro atoms. The largest absolute Gasteiger partial charge is 0.344 e. The first-order valence-electron chi connectivity index (χ1n) is 7.21. The zero-order valence-electron chi connectivity index (χ0n) is 12.8. The quantitative estimate of drug-likeness (QED) is 0.731. The first-order valence-corrected chi connectivity index (χ1v) is 7.21. The van der Waals surface area contributed by atoms with Crippen LogP contribution in [-0.4, -0.2) is 6.54 Å². The number of allylic oxidation sites excluding steroid dienone is 4. The van der Waals surface area contributed by atoms with Crippen LogP contribution >= 0.6 is 0 Å². The van der Waals surface area contributed by atoms with Crippen LogP contribution in [0.3, 0.4) is 0 Å². The van der Waals surface area contributed by atoms with Crippen molar-refractivity contribution in [3.63, 3.8) is 0 Å². The predicted molar refractivity (Wildman–Crippen MR) is 84.6 cm³/mol. The summed E-state index contributed by atoms with van der Waals surface area (Å²) >= 11 is 0. The zero-order chi connectivity index (χ0) is 14.0. The second kappa shape index (κ2) is 5.24. The average Bonchev–Trinajstić information content (AvgIpc) is 2.57. The molecule has 0 fully saturated rings. The fourth-order valence-corrected chi connectivity index (χ4v) is 2.85. The number of para-hydroxylation sites is 1. The molecule has 1 aromatic rings. The summed E-state index contributed by atoms with van der Waals surface area (Å²) < 4.78 is 0. The Morgan fingerprint density at radius 2 is 1.89 bits per heavy atom. The molecule has 0 aromatic heterocycles. The van der Waals surface area contributed by atoms with Gasteiger partial charge in [0.05, 0.1) is 0 Å². The molecule has 2 rings (SSSR count). The number of fused-ring (bicyclic) bond motifs is 1. The van der Waals surface area contributed by atoms with E-state index < -0.39 is 0 Å². The third kappa shape index (κ3) is 2.47. The molecule has 0 N–H and O–H groups in total. The van der Waals surface area contributed by atoms with Crippen molar-refractivity contribution >= 4 is 5.69 Å². The smallest absolute Gasteiger partial charge is 0.0450 e. The Balaban J connectivity index is 2.55. The molecule has 1 heterocycles. The normalized spacial score (nSPS) is 18.6. The van der Waals surface area contributed by atoms with Crippen molar-refractivity contribution in [2.24, 2.45) is 0 Å². The molecule has 0 radical (unpaired) electrons. The lowest BCUT2D eigenvalue weighted by molar-refractivity contribution is 0.629. The van der Waals surface area contributed by atoms with Gasteiger partial charge in [0.15, 0.2) is 0 Å². The summed E-state index contributed by atoms with van der Waals surface area (Å²) in [5.74, 6) is 0. The van der Waals surface area contributed by atoms with Crippen molar-refractivity contribution in [2.75, 3.05) is 11.4 Å². The third-order valence-electron chi connectivity index (χ3n) is 3.82. The fraction of sp³-hybridized carbons (Fsp3) is 0.444. The Labute approximate surface area is 117 Å². The van der Waals surface area contributed by atoms with Gasteiger partial charge in [0, 0.05) is 23.3 Å². The van der Waals surface area contributed by atoms with Gasteiger partial charge in [0.1, 0.15) is 0 Å². The summed E-state index contributed by atoms with van der Waals surface area (Å²) in [6.07, 6.45) is 5.69. The summed E-state index contributed by atoms with van der Waals surface area (Å²) in [6, 6.07) is 8.80. The molecule has 1 heteroatoms. The number of anilines is 1. The van der Waals surface area contributed by atoms with Crippen LogP contribution in [0.5, 0.6) is 0 Å². The highest BCUT2D eigenvalue weighted by Crippen LogP contribution is 2.47. The first-order chi connectivity index (χ1) is 8.98. The van der Waals surface area contributed by atoms with E-state index in [0.717, 1.165) is 13.0 Å². The van der Waals surface area contributed by atoms with Gasteiger partial charge in [-0.15, -0.1) is 0 Å². The first kappa shape index (κ1) is 13.9. The van der Waals surface area contributed by atoms with E-state index in [0.29, 0.717) is 0 Å². The maximum absolute atomic E-state index is 2.48. The maximum atomic E-state index is 2.48. The van der Waals surface area contributed by atoms with Gasteiger partial charge < -0.3 is 4.90 Å². The van der Waals surface area contributed by atoms with E-state index in [1.54, 1.807) is 0 Å². The van der Waals surface area contributed by atoms with Gasteiger partial charge >= 0.3 is 0 Å². The van der Waals surface area contributed by atoms with E-state index in [1.165, 1.54) is 22.5 Å². The monoisotopic (exact) mass is 255 g/mol.